The first-order valence-corrected chi connectivity index (χ1v) is 14.6. The summed E-state index contributed by atoms with van der Waals surface area (Å²) in [5, 5.41) is 9.22. The molecule has 38 heavy (non-hydrogen) atoms. The van der Waals surface area contributed by atoms with E-state index >= 15 is 0 Å². The monoisotopic (exact) mass is 540 g/mol. The second-order valence-corrected chi connectivity index (χ2v) is 12.2. The summed E-state index contributed by atoms with van der Waals surface area (Å²) in [6.45, 7) is 12.7. The van der Waals surface area contributed by atoms with Gasteiger partial charge >= 0.3 is 5.97 Å². The number of carbonyl (C=O) groups is 3. The van der Waals surface area contributed by atoms with E-state index < -0.39 is 22.6 Å². The van der Waals surface area contributed by atoms with Crippen LogP contribution in [0, 0.1) is 25.7 Å². The van der Waals surface area contributed by atoms with Gasteiger partial charge in [0.2, 0.25) is 5.91 Å². The van der Waals surface area contributed by atoms with Crippen LogP contribution in [0.1, 0.15) is 49.7 Å². The fourth-order valence-corrected chi connectivity index (χ4v) is 8.85. The molecule has 7 nitrogen and oxygen atoms in total. The molecule has 0 radical (unpaired) electrons. The maximum Gasteiger partial charge on any atom is 0.310 e. The van der Waals surface area contributed by atoms with Crippen molar-refractivity contribution in [2.24, 2.45) is 11.8 Å². The summed E-state index contributed by atoms with van der Waals surface area (Å²) in [4.78, 5) is 45.5. The van der Waals surface area contributed by atoms with E-state index in [4.69, 9.17) is 4.74 Å². The lowest BCUT2D eigenvalue weighted by Crippen LogP contribution is -2.55. The molecule has 0 aliphatic carbocycles. The number of amides is 2. The lowest BCUT2D eigenvalue weighted by Gasteiger charge is -2.38. The molecule has 3 fully saturated rings. The van der Waals surface area contributed by atoms with E-state index in [1.165, 1.54) is 0 Å². The molecule has 0 saturated carbocycles. The van der Waals surface area contributed by atoms with Crippen LogP contribution in [0.3, 0.4) is 0 Å². The number of benzene rings is 1. The van der Waals surface area contributed by atoms with Crippen LogP contribution in [0.25, 0.3) is 0 Å². The number of ether oxygens (including phenoxy) is 1. The van der Waals surface area contributed by atoms with E-state index in [1.807, 2.05) is 32.0 Å². The Balaban J connectivity index is 1.73. The molecule has 8 heteroatoms. The minimum Gasteiger partial charge on any atom is -0.465 e. The zero-order chi connectivity index (χ0) is 27.4. The van der Waals surface area contributed by atoms with Crippen molar-refractivity contribution in [3.63, 3.8) is 0 Å². The third kappa shape index (κ3) is 4.93. The van der Waals surface area contributed by atoms with Gasteiger partial charge in [0.15, 0.2) is 0 Å². The molecule has 3 aliphatic rings. The van der Waals surface area contributed by atoms with E-state index in [2.05, 4.69) is 13.2 Å². The lowest BCUT2D eigenvalue weighted by molar-refractivity contribution is -0.154. The predicted octanol–water partition coefficient (Wildman–Crippen LogP) is 4.20. The molecule has 1 aromatic carbocycles. The first-order chi connectivity index (χ1) is 18.3. The first-order valence-electron chi connectivity index (χ1n) is 13.7. The van der Waals surface area contributed by atoms with E-state index in [0.29, 0.717) is 38.8 Å². The highest BCUT2D eigenvalue weighted by Crippen LogP contribution is 2.66. The highest BCUT2D eigenvalue weighted by molar-refractivity contribution is 8.02. The topological polar surface area (TPSA) is 87.1 Å². The largest absolute Gasteiger partial charge is 0.465 e. The fraction of sp³-hybridized carbons (Fsp3) is 0.567. The number of hydrogen-bond acceptors (Lipinski definition) is 6. The molecular weight excluding hydrogens is 500 g/mol. The number of carbonyl (C=O) groups excluding carboxylic acids is 3. The normalized spacial score (nSPS) is 27.3. The zero-order valence-electron chi connectivity index (χ0n) is 22.6. The molecule has 2 unspecified atom stereocenters. The molecule has 2 bridgehead atoms. The summed E-state index contributed by atoms with van der Waals surface area (Å²) >= 11 is 1.66. The van der Waals surface area contributed by atoms with Gasteiger partial charge in [0, 0.05) is 30.6 Å². The van der Waals surface area contributed by atoms with Crippen molar-refractivity contribution >= 4 is 35.2 Å². The summed E-state index contributed by atoms with van der Waals surface area (Å²) in [5.74, 6) is -1.69. The van der Waals surface area contributed by atoms with Crippen LogP contribution in [0.4, 0.5) is 5.69 Å². The number of para-hydroxylation sites is 1. The molecule has 4 rings (SSSR count). The third-order valence-corrected chi connectivity index (χ3v) is 10.2. The second-order valence-electron chi connectivity index (χ2n) is 10.6. The van der Waals surface area contributed by atoms with Crippen LogP contribution in [-0.2, 0) is 19.1 Å². The summed E-state index contributed by atoms with van der Waals surface area (Å²) in [5.41, 5.74) is 2.82. The Labute approximate surface area is 230 Å². The number of aryl methyl sites for hydroxylation is 2. The van der Waals surface area contributed by atoms with E-state index in [0.717, 1.165) is 29.7 Å². The van der Waals surface area contributed by atoms with Gasteiger partial charge in [-0.2, -0.15) is 0 Å². The Hall–Kier alpha value is -2.58. The molecule has 5 atom stereocenters. The summed E-state index contributed by atoms with van der Waals surface area (Å²) in [6.07, 6.45) is 7.58. The molecule has 1 spiro atoms. The van der Waals surface area contributed by atoms with E-state index in [-0.39, 0.29) is 36.2 Å². The summed E-state index contributed by atoms with van der Waals surface area (Å²) in [7, 11) is 0. The average molecular weight is 541 g/mol. The summed E-state index contributed by atoms with van der Waals surface area (Å²) in [6, 6.07) is 5.28. The van der Waals surface area contributed by atoms with Gasteiger partial charge in [-0.3, -0.25) is 14.4 Å². The standard InChI is InChI=1S/C30H40N2O5S/c1-5-7-19-37-29(36)23-22-14-15-30(38-22)24(23)27(34)32(17-9-8-10-18-33)26(30)28(35)31(16-6-2)25-20(3)12-11-13-21(25)4/h5-6,11-13,22-24,26,33H,1-2,7-10,14-19H2,3-4H3/t22-,23+,24+,26?,30?/m1/s1. The van der Waals surface area contributed by atoms with Gasteiger partial charge in [0.1, 0.15) is 6.04 Å². The van der Waals surface area contributed by atoms with Gasteiger partial charge in [-0.1, -0.05) is 30.4 Å². The highest BCUT2D eigenvalue weighted by Gasteiger charge is 2.74. The Bertz CT molecular complexity index is 1070. The molecule has 3 saturated heterocycles. The Kier molecular flexibility index (Phi) is 9.04. The molecule has 3 heterocycles. The maximum atomic E-state index is 14.6. The molecular formula is C30H40N2O5S. The number of aliphatic hydroxyl groups excluding tert-OH is 1. The Morgan fingerprint density at radius 2 is 1.95 bits per heavy atom. The van der Waals surface area contributed by atoms with Crippen molar-refractivity contribution in [1.82, 2.24) is 4.90 Å². The SMILES string of the molecule is C=CCCOC(=O)[C@@H]1[C@H]2C(=O)N(CCCCCO)C(C(=O)N(CC=C)c3c(C)cccc3C)C23CC[C@H]1S3. The number of esters is 1. The molecule has 0 aromatic heterocycles. The predicted molar refractivity (Wildman–Crippen MR) is 151 cm³/mol. The van der Waals surface area contributed by atoms with Crippen LogP contribution >= 0.6 is 11.8 Å². The lowest BCUT2D eigenvalue weighted by atomic mass is 9.71. The number of nitrogens with zero attached hydrogens (tertiary/aromatic N) is 2. The number of rotatable bonds is 13. The quantitative estimate of drug-likeness (QED) is 0.229. The minimum atomic E-state index is -0.672. The third-order valence-electron chi connectivity index (χ3n) is 8.22. The highest BCUT2D eigenvalue weighted by atomic mass is 32.2. The number of fused-ring (bicyclic) bond motifs is 1. The molecule has 1 N–H and O–H groups in total. The van der Waals surface area contributed by atoms with Gasteiger partial charge in [-0.15, -0.1) is 24.9 Å². The average Bonchev–Trinajstić information content (AvgIpc) is 3.53. The van der Waals surface area contributed by atoms with Crippen molar-refractivity contribution < 1.29 is 24.2 Å². The first kappa shape index (κ1) is 28.4. The van der Waals surface area contributed by atoms with Crippen LogP contribution in [0.15, 0.2) is 43.5 Å². The van der Waals surface area contributed by atoms with E-state index in [1.54, 1.807) is 33.7 Å². The number of unbranched alkanes of at least 4 members (excludes halogenated alkanes) is 2. The van der Waals surface area contributed by atoms with Gasteiger partial charge in [0.05, 0.1) is 23.2 Å². The zero-order valence-corrected chi connectivity index (χ0v) is 23.4. The maximum absolute atomic E-state index is 14.6. The summed E-state index contributed by atoms with van der Waals surface area (Å²) < 4.78 is 4.91. The number of anilines is 1. The fourth-order valence-electron chi connectivity index (χ4n) is 6.65. The number of hydrogen-bond donors (Lipinski definition) is 1. The van der Waals surface area contributed by atoms with Crippen LogP contribution in [0.2, 0.25) is 0 Å². The van der Waals surface area contributed by atoms with Crippen LogP contribution < -0.4 is 4.90 Å². The second kappa shape index (κ2) is 12.1. The van der Waals surface area contributed by atoms with Gasteiger partial charge < -0.3 is 19.6 Å². The van der Waals surface area contributed by atoms with Gasteiger partial charge in [-0.05, 0) is 63.5 Å². The molecule has 3 aliphatic heterocycles. The van der Waals surface area contributed by atoms with Crippen molar-refractivity contribution in [2.45, 2.75) is 68.4 Å². The van der Waals surface area contributed by atoms with Gasteiger partial charge in [0.25, 0.3) is 5.91 Å². The molecule has 206 valence electrons. The van der Waals surface area contributed by atoms with Crippen molar-refractivity contribution in [3.8, 4) is 0 Å². The van der Waals surface area contributed by atoms with Crippen molar-refractivity contribution in [2.75, 3.05) is 31.2 Å². The van der Waals surface area contributed by atoms with E-state index in [9.17, 15) is 19.5 Å². The molecule has 1 aromatic rings. The van der Waals surface area contributed by atoms with Crippen LogP contribution in [-0.4, -0.2) is 70.1 Å². The molecule has 2 amide bonds. The Morgan fingerprint density at radius 1 is 1.21 bits per heavy atom. The van der Waals surface area contributed by atoms with Crippen molar-refractivity contribution in [3.05, 3.63) is 54.6 Å². The van der Waals surface area contributed by atoms with Crippen molar-refractivity contribution in [1.29, 1.82) is 0 Å². The number of aliphatic hydroxyl groups is 1. The minimum absolute atomic E-state index is 0.0277. The number of likely N-dealkylation sites (tertiary alicyclic amines) is 1. The Morgan fingerprint density at radius 3 is 2.61 bits per heavy atom. The smallest absolute Gasteiger partial charge is 0.310 e. The number of thioether (sulfide) groups is 1. The van der Waals surface area contributed by atoms with Gasteiger partial charge in [-0.25, -0.2) is 0 Å². The van der Waals surface area contributed by atoms with Crippen LogP contribution in [0.5, 0.6) is 0 Å².